The molecule has 2 N–H and O–H groups in total. The third-order valence-corrected chi connectivity index (χ3v) is 5.57. The van der Waals surface area contributed by atoms with Crippen LogP contribution in [0.2, 0.25) is 5.02 Å². The summed E-state index contributed by atoms with van der Waals surface area (Å²) in [6.45, 7) is 3.41. The monoisotopic (exact) mass is 592 g/mol. The van der Waals surface area contributed by atoms with Crippen molar-refractivity contribution >= 4 is 29.4 Å². The Morgan fingerprint density at radius 1 is 0.902 bits per heavy atom. The van der Waals surface area contributed by atoms with Gasteiger partial charge >= 0.3 is 6.16 Å². The lowest BCUT2D eigenvalue weighted by molar-refractivity contribution is -0.727. The molecule has 0 unspecified atom stereocenters. The Morgan fingerprint density at radius 2 is 1.59 bits per heavy atom. The molecule has 224 valence electrons. The Kier molecular flexibility index (Phi) is 18.1. The number of ether oxygens (including phenoxy) is 6. The average molecular weight is 593 g/mol. The molecule has 1 aromatic heterocycles. The molecule has 2 aromatic rings. The Balaban J connectivity index is 1.57. The maximum Gasteiger partial charge on any atom is 0.513 e. The lowest BCUT2D eigenvalue weighted by Crippen LogP contribution is -2.36. The molecule has 0 bridgehead atoms. The van der Waals surface area contributed by atoms with Gasteiger partial charge in [0.05, 0.1) is 45.3 Å². The van der Waals surface area contributed by atoms with E-state index in [1.807, 2.05) is 18.3 Å². The summed E-state index contributed by atoms with van der Waals surface area (Å²) in [5.41, 5.74) is 0.716. The number of hydrogen-bond donors (Lipinski definition) is 2. The first-order valence-electron chi connectivity index (χ1n) is 13.4. The van der Waals surface area contributed by atoms with E-state index in [1.165, 1.54) is 0 Å². The lowest BCUT2D eigenvalue weighted by atomic mass is 10.2. The second kappa shape index (κ2) is 22.1. The molecule has 0 fully saturated rings. The molecule has 12 nitrogen and oxygen atoms in total. The first kappa shape index (κ1) is 33.6. The van der Waals surface area contributed by atoms with Gasteiger partial charge in [0.1, 0.15) is 12.4 Å². The van der Waals surface area contributed by atoms with Crippen LogP contribution in [0.25, 0.3) is 0 Å². The van der Waals surface area contributed by atoms with Gasteiger partial charge in [0.25, 0.3) is 6.73 Å². The van der Waals surface area contributed by atoms with Crippen molar-refractivity contribution < 1.29 is 37.8 Å². The Labute approximate surface area is 246 Å². The molecule has 1 heterocycles. The summed E-state index contributed by atoms with van der Waals surface area (Å²) in [6.07, 6.45) is 8.39. The third kappa shape index (κ3) is 16.9. The number of aliphatic imine (C=N–C) groups is 1. The number of carbonyl (C=O) groups excluding carboxylic acids is 1. The van der Waals surface area contributed by atoms with Gasteiger partial charge in [0.2, 0.25) is 5.96 Å². The second-order valence-electron chi connectivity index (χ2n) is 8.50. The quantitative estimate of drug-likeness (QED) is 0.0443. The van der Waals surface area contributed by atoms with E-state index in [9.17, 15) is 4.79 Å². The van der Waals surface area contributed by atoms with E-state index in [4.69, 9.17) is 45.3 Å². The fraction of sp³-hybridized carbons (Fsp3) is 0.500. The predicted octanol–water partition coefficient (Wildman–Crippen LogP) is 3.90. The summed E-state index contributed by atoms with van der Waals surface area (Å²) in [4.78, 5) is 16.2. The highest BCUT2D eigenvalue weighted by molar-refractivity contribution is 6.30. The maximum atomic E-state index is 11.7. The highest BCUT2D eigenvalue weighted by Crippen LogP contribution is 2.16. The van der Waals surface area contributed by atoms with Crippen LogP contribution in [-0.4, -0.2) is 72.0 Å². The van der Waals surface area contributed by atoms with Gasteiger partial charge in [0, 0.05) is 30.8 Å². The molecule has 1 aromatic carbocycles. The van der Waals surface area contributed by atoms with E-state index in [2.05, 4.69) is 15.6 Å². The highest BCUT2D eigenvalue weighted by Gasteiger charge is 2.09. The van der Waals surface area contributed by atoms with E-state index in [1.54, 1.807) is 48.3 Å². The van der Waals surface area contributed by atoms with Gasteiger partial charge in [0.15, 0.2) is 18.6 Å². The molecule has 0 aliphatic carbocycles. The molecule has 0 saturated heterocycles. The summed E-state index contributed by atoms with van der Waals surface area (Å²) < 4.78 is 32.8. The van der Waals surface area contributed by atoms with Gasteiger partial charge in [-0.3, -0.25) is 10.3 Å². The van der Waals surface area contributed by atoms with Gasteiger partial charge in [-0.05, 0) is 43.5 Å². The fourth-order valence-electron chi connectivity index (χ4n) is 3.22. The smallest absolute Gasteiger partial charge is 0.494 e. The van der Waals surface area contributed by atoms with Crippen molar-refractivity contribution in [1.82, 2.24) is 5.32 Å². The van der Waals surface area contributed by atoms with Crippen LogP contribution in [0.5, 0.6) is 5.75 Å². The molecular formula is C28H39ClN5O7+. The Hall–Kier alpha value is -3.63. The number of nitrogens with zero attached hydrogens (tertiary/aromatic N) is 3. The molecule has 41 heavy (non-hydrogen) atoms. The summed E-state index contributed by atoms with van der Waals surface area (Å²) >= 11 is 5.87. The molecule has 0 atom stereocenters. The maximum absolute atomic E-state index is 11.7. The van der Waals surface area contributed by atoms with Crippen LogP contribution in [0.3, 0.4) is 0 Å². The Bertz CT molecular complexity index is 1050. The minimum absolute atomic E-state index is 0.0184. The molecule has 2 rings (SSSR count). The fourth-order valence-corrected chi connectivity index (χ4v) is 3.35. The van der Waals surface area contributed by atoms with E-state index >= 15 is 0 Å². The summed E-state index contributed by atoms with van der Waals surface area (Å²) in [5.74, 6) is 1.17. The van der Waals surface area contributed by atoms with Crippen LogP contribution in [0.15, 0.2) is 53.8 Å². The second-order valence-corrected chi connectivity index (χ2v) is 8.94. The number of methoxy groups -OCH3 is 1. The highest BCUT2D eigenvalue weighted by atomic mass is 35.5. The van der Waals surface area contributed by atoms with Crippen LogP contribution in [0, 0.1) is 11.5 Å². The van der Waals surface area contributed by atoms with E-state index in [-0.39, 0.29) is 19.9 Å². The van der Waals surface area contributed by atoms with Gasteiger partial charge in [-0.15, -0.1) is 0 Å². The minimum Gasteiger partial charge on any atom is -0.494 e. The van der Waals surface area contributed by atoms with Crippen LogP contribution in [0.1, 0.15) is 25.7 Å². The predicted molar refractivity (Wildman–Crippen MR) is 153 cm³/mol. The number of anilines is 1. The van der Waals surface area contributed by atoms with Crippen LogP contribution in [-0.2, 0) is 30.4 Å². The van der Waals surface area contributed by atoms with E-state index in [0.717, 1.165) is 31.4 Å². The number of pyridine rings is 1. The average Bonchev–Trinajstić information content (AvgIpc) is 2.98. The number of rotatable bonds is 20. The number of guanidine groups is 1. The molecule has 0 amide bonds. The molecular weight excluding hydrogens is 554 g/mol. The van der Waals surface area contributed by atoms with Crippen LogP contribution in [0.4, 0.5) is 10.5 Å². The third-order valence-electron chi connectivity index (χ3n) is 5.32. The number of carbonyl (C=O) groups is 1. The van der Waals surface area contributed by atoms with Gasteiger partial charge in [-0.2, -0.15) is 9.83 Å². The van der Waals surface area contributed by atoms with Gasteiger partial charge < -0.3 is 33.7 Å². The zero-order valence-electron chi connectivity index (χ0n) is 23.4. The van der Waals surface area contributed by atoms with Gasteiger partial charge in [-0.1, -0.05) is 18.0 Å². The normalized spacial score (nSPS) is 11.0. The number of nitriles is 1. The standard InChI is InChI=1S/C28H38ClN5O7/c1-36-16-17-37-18-19-38-20-21-40-28(35)41-23-34-13-10-25(11-14-34)33-27(32-22-30)31-12-4-2-3-5-15-39-26-8-6-24(29)7-9-26/h6-11,13-14H,2-5,12,15-21,23H2,1H3,(H,31,32)/p+1. The van der Waals surface area contributed by atoms with Crippen molar-refractivity contribution in [3.8, 4) is 11.9 Å². The van der Waals surface area contributed by atoms with Crippen LogP contribution < -0.4 is 19.9 Å². The van der Waals surface area contributed by atoms with Crippen molar-refractivity contribution in [3.63, 3.8) is 0 Å². The van der Waals surface area contributed by atoms with Crippen molar-refractivity contribution in [2.75, 3.05) is 65.2 Å². The molecule has 0 aliphatic heterocycles. The van der Waals surface area contributed by atoms with E-state index < -0.39 is 6.16 Å². The van der Waals surface area contributed by atoms with E-state index in [0.29, 0.717) is 56.2 Å². The number of halogens is 1. The van der Waals surface area contributed by atoms with Crippen molar-refractivity contribution in [2.45, 2.75) is 32.4 Å². The first-order chi connectivity index (χ1) is 20.1. The number of aromatic nitrogens is 1. The number of hydrogen-bond acceptors (Lipinski definition) is 9. The molecule has 0 saturated carbocycles. The molecule has 13 heteroatoms. The SMILES string of the molecule is COCCOCCOCCOC(=O)OC[n+]1ccc(NC(=NCCCCCCOc2ccc(Cl)cc2)NC#N)cc1. The zero-order valence-corrected chi connectivity index (χ0v) is 24.1. The largest absolute Gasteiger partial charge is 0.513 e. The van der Waals surface area contributed by atoms with Crippen molar-refractivity contribution in [1.29, 1.82) is 5.26 Å². The van der Waals surface area contributed by atoms with Crippen molar-refractivity contribution in [3.05, 3.63) is 53.8 Å². The molecule has 0 radical (unpaired) electrons. The summed E-state index contributed by atoms with van der Waals surface area (Å²) in [6, 6.07) is 10.9. The molecule has 0 spiro atoms. The summed E-state index contributed by atoms with van der Waals surface area (Å²) in [7, 11) is 1.61. The topological polar surface area (TPSA) is 137 Å². The zero-order chi connectivity index (χ0) is 29.4. The van der Waals surface area contributed by atoms with Gasteiger partial charge in [-0.25, -0.2) is 4.79 Å². The first-order valence-corrected chi connectivity index (χ1v) is 13.8. The number of benzene rings is 1. The van der Waals surface area contributed by atoms with Crippen molar-refractivity contribution in [2.24, 2.45) is 4.99 Å². The minimum atomic E-state index is -0.790. The lowest BCUT2D eigenvalue weighted by Gasteiger charge is -2.08. The molecule has 0 aliphatic rings. The number of unbranched alkanes of at least 4 members (excludes halogenated alkanes) is 3. The number of nitrogens with one attached hydrogen (secondary N) is 2. The Morgan fingerprint density at radius 3 is 2.29 bits per heavy atom. The van der Waals surface area contributed by atoms with Crippen LogP contribution >= 0.6 is 11.6 Å². The summed E-state index contributed by atoms with van der Waals surface area (Å²) in [5, 5.41) is 15.4.